The number of carbonyl (C=O) groups excluding carboxylic acids is 1. The van der Waals surface area contributed by atoms with Gasteiger partial charge in [-0.05, 0) is 37.5 Å². The average molecular weight is 289 g/mol. The van der Waals surface area contributed by atoms with Crippen LogP contribution in [0.2, 0.25) is 0 Å². The summed E-state index contributed by atoms with van der Waals surface area (Å²) in [6, 6.07) is 7.66. The Morgan fingerprint density at radius 2 is 2.00 bits per heavy atom. The topological polar surface area (TPSA) is 37.4 Å². The summed E-state index contributed by atoms with van der Waals surface area (Å²) < 4.78 is 13.0. The highest BCUT2D eigenvalue weighted by Gasteiger charge is 2.43. The third-order valence-electron chi connectivity index (χ3n) is 4.22. The number of hydrogen-bond donors (Lipinski definition) is 0. The number of ketones is 1. The van der Waals surface area contributed by atoms with E-state index in [-0.39, 0.29) is 17.0 Å². The van der Waals surface area contributed by atoms with Gasteiger partial charge in [0.05, 0.1) is 21.4 Å². The van der Waals surface area contributed by atoms with Crippen molar-refractivity contribution in [3.63, 3.8) is 0 Å². The molecule has 0 aromatic heterocycles. The number of para-hydroxylation sites is 1. The van der Waals surface area contributed by atoms with Crippen LogP contribution in [0.1, 0.15) is 19.3 Å². The molecule has 3 atom stereocenters. The van der Waals surface area contributed by atoms with Gasteiger partial charge in [-0.1, -0.05) is 17.7 Å². The summed E-state index contributed by atoms with van der Waals surface area (Å²) in [7, 11) is 2.60. The first-order valence-corrected chi connectivity index (χ1v) is 8.22. The Hall–Kier alpha value is -1.42. The van der Waals surface area contributed by atoms with Crippen molar-refractivity contribution in [2.75, 3.05) is 19.0 Å². The van der Waals surface area contributed by atoms with E-state index in [9.17, 15) is 9.00 Å². The van der Waals surface area contributed by atoms with Gasteiger partial charge in [-0.3, -0.25) is 9.00 Å². The first-order valence-electron chi connectivity index (χ1n) is 7.01. The van der Waals surface area contributed by atoms with E-state index in [1.807, 2.05) is 43.3 Å². The van der Waals surface area contributed by atoms with Gasteiger partial charge in [0.25, 0.3) is 0 Å². The number of benzene rings is 1. The molecular formula is C16H19NO2S. The van der Waals surface area contributed by atoms with Crippen molar-refractivity contribution in [2.45, 2.75) is 29.4 Å². The van der Waals surface area contributed by atoms with Crippen LogP contribution < -0.4 is 4.90 Å². The molecular weight excluding hydrogens is 270 g/mol. The van der Waals surface area contributed by atoms with Crippen LogP contribution in [0.25, 0.3) is 0 Å². The van der Waals surface area contributed by atoms with Crippen LogP contribution in [0.3, 0.4) is 0 Å². The highest BCUT2D eigenvalue weighted by molar-refractivity contribution is 7.86. The number of fused-ring (bicyclic) bond motifs is 1. The Morgan fingerprint density at radius 3 is 2.75 bits per heavy atom. The molecule has 0 spiro atoms. The third-order valence-corrected chi connectivity index (χ3v) is 6.03. The average Bonchev–Trinajstić information content (AvgIpc) is 2.97. The van der Waals surface area contributed by atoms with E-state index in [4.69, 9.17) is 0 Å². The number of allylic oxidation sites excluding steroid dienone is 2. The molecule has 0 saturated heterocycles. The molecule has 0 heterocycles. The molecule has 1 aromatic carbocycles. The second-order valence-corrected chi connectivity index (χ2v) is 7.24. The quantitative estimate of drug-likeness (QED) is 0.858. The van der Waals surface area contributed by atoms with Gasteiger partial charge in [-0.15, -0.1) is 0 Å². The Kier molecular flexibility index (Phi) is 3.50. The van der Waals surface area contributed by atoms with Gasteiger partial charge in [0.1, 0.15) is 5.25 Å². The largest absolute Gasteiger partial charge is 0.377 e. The maximum Gasteiger partial charge on any atom is 0.172 e. The van der Waals surface area contributed by atoms with Crippen LogP contribution in [0, 0.1) is 5.92 Å². The number of anilines is 1. The zero-order chi connectivity index (χ0) is 14.3. The first-order chi connectivity index (χ1) is 9.59. The van der Waals surface area contributed by atoms with Crippen LogP contribution in [-0.4, -0.2) is 29.3 Å². The van der Waals surface area contributed by atoms with Crippen LogP contribution in [0.5, 0.6) is 0 Å². The van der Waals surface area contributed by atoms with Crippen molar-refractivity contribution in [1.29, 1.82) is 0 Å². The maximum absolute atomic E-state index is 13.0. The molecule has 3 nitrogen and oxygen atoms in total. The van der Waals surface area contributed by atoms with Crippen LogP contribution >= 0.6 is 0 Å². The minimum absolute atomic E-state index is 0.0524. The molecule has 20 heavy (non-hydrogen) atoms. The van der Waals surface area contributed by atoms with Crippen molar-refractivity contribution in [3.05, 3.63) is 35.9 Å². The number of hydrogen-bond acceptors (Lipinski definition) is 3. The summed E-state index contributed by atoms with van der Waals surface area (Å²) >= 11 is 0. The van der Waals surface area contributed by atoms with Gasteiger partial charge >= 0.3 is 0 Å². The molecule has 1 unspecified atom stereocenters. The van der Waals surface area contributed by atoms with Gasteiger partial charge in [0, 0.05) is 20.0 Å². The fraction of sp³-hybridized carbons (Fsp3) is 0.438. The van der Waals surface area contributed by atoms with E-state index in [1.54, 1.807) is 6.08 Å². The van der Waals surface area contributed by atoms with E-state index in [1.165, 1.54) is 5.57 Å². The molecule has 0 N–H and O–H groups in total. The second kappa shape index (κ2) is 5.17. The fourth-order valence-corrected chi connectivity index (χ4v) is 5.10. The van der Waals surface area contributed by atoms with Crippen LogP contribution in [0.15, 0.2) is 40.8 Å². The Labute approximate surface area is 122 Å². The Morgan fingerprint density at radius 1 is 1.25 bits per heavy atom. The Balaban J connectivity index is 1.96. The predicted molar refractivity (Wildman–Crippen MR) is 81.4 cm³/mol. The molecule has 0 radical (unpaired) electrons. The lowest BCUT2D eigenvalue weighted by atomic mass is 10.1. The summed E-state index contributed by atoms with van der Waals surface area (Å²) in [5.74, 6) is 0.259. The molecule has 0 amide bonds. The van der Waals surface area contributed by atoms with E-state index >= 15 is 0 Å². The molecule has 4 heteroatoms. The third kappa shape index (κ3) is 2.12. The molecule has 0 aliphatic heterocycles. The van der Waals surface area contributed by atoms with Gasteiger partial charge in [-0.2, -0.15) is 0 Å². The van der Waals surface area contributed by atoms with Crippen molar-refractivity contribution in [3.8, 4) is 0 Å². The molecule has 2 aliphatic rings. The lowest BCUT2D eigenvalue weighted by molar-refractivity contribution is -0.114. The predicted octanol–water partition coefficient (Wildman–Crippen LogP) is 2.54. The number of carbonyl (C=O) groups is 1. The molecule has 3 rings (SSSR count). The molecule has 1 fully saturated rings. The minimum atomic E-state index is -1.27. The lowest BCUT2D eigenvalue weighted by Crippen LogP contribution is -2.28. The van der Waals surface area contributed by atoms with Crippen molar-refractivity contribution >= 4 is 22.3 Å². The molecule has 106 valence electrons. The zero-order valence-electron chi connectivity index (χ0n) is 11.8. The summed E-state index contributed by atoms with van der Waals surface area (Å²) in [4.78, 5) is 14.9. The normalized spacial score (nSPS) is 26.3. The second-order valence-electron chi connectivity index (χ2n) is 5.70. The maximum atomic E-state index is 13.0. The SMILES string of the molecule is CN(C)c1ccccc1S(=O)[C@@H]1C(=O)C=C2CCC[C@H]21. The summed E-state index contributed by atoms with van der Waals surface area (Å²) in [5.41, 5.74) is 2.15. The van der Waals surface area contributed by atoms with Gasteiger partial charge in [-0.25, -0.2) is 0 Å². The van der Waals surface area contributed by atoms with E-state index in [2.05, 4.69) is 0 Å². The summed E-state index contributed by atoms with van der Waals surface area (Å²) in [5, 5.41) is -0.367. The number of nitrogens with zero attached hydrogens (tertiary/aromatic N) is 1. The van der Waals surface area contributed by atoms with E-state index in [0.29, 0.717) is 0 Å². The molecule has 0 bridgehead atoms. The first kappa shape index (κ1) is 13.6. The molecule has 1 aromatic rings. The van der Waals surface area contributed by atoms with E-state index in [0.717, 1.165) is 29.8 Å². The Bertz CT molecular complexity index is 606. The van der Waals surface area contributed by atoms with Crippen molar-refractivity contribution in [2.24, 2.45) is 5.92 Å². The van der Waals surface area contributed by atoms with Crippen LogP contribution in [0.4, 0.5) is 5.69 Å². The van der Waals surface area contributed by atoms with Crippen molar-refractivity contribution in [1.82, 2.24) is 0 Å². The summed E-state index contributed by atoms with van der Waals surface area (Å²) in [6.07, 6.45) is 4.86. The number of rotatable bonds is 3. The van der Waals surface area contributed by atoms with Crippen LogP contribution in [-0.2, 0) is 15.6 Å². The molecule has 1 saturated carbocycles. The standard InChI is InChI=1S/C16H19NO2S/c1-17(2)13-8-3-4-9-15(13)20(19)16-12-7-5-6-11(12)10-14(16)18/h3-4,8-10,12,16H,5-7H2,1-2H3/t12-,16+,20?/m1/s1. The smallest absolute Gasteiger partial charge is 0.172 e. The van der Waals surface area contributed by atoms with Crippen molar-refractivity contribution < 1.29 is 9.00 Å². The molecule has 2 aliphatic carbocycles. The monoisotopic (exact) mass is 289 g/mol. The van der Waals surface area contributed by atoms with E-state index < -0.39 is 10.8 Å². The highest BCUT2D eigenvalue weighted by Crippen LogP contribution is 2.42. The van der Waals surface area contributed by atoms with Gasteiger partial charge in [0.15, 0.2) is 5.78 Å². The zero-order valence-corrected chi connectivity index (χ0v) is 12.7. The minimum Gasteiger partial charge on any atom is -0.377 e. The van der Waals surface area contributed by atoms with Gasteiger partial charge in [0.2, 0.25) is 0 Å². The highest BCUT2D eigenvalue weighted by atomic mass is 32.2. The summed E-state index contributed by atoms with van der Waals surface area (Å²) in [6.45, 7) is 0. The lowest BCUT2D eigenvalue weighted by Gasteiger charge is -2.21. The fourth-order valence-electron chi connectivity index (χ4n) is 3.27. The van der Waals surface area contributed by atoms with Gasteiger partial charge < -0.3 is 4.90 Å².